The van der Waals surface area contributed by atoms with Crippen molar-refractivity contribution in [3.63, 3.8) is 0 Å². The second kappa shape index (κ2) is 3.84. The lowest BCUT2D eigenvalue weighted by Gasteiger charge is -1.97. The van der Waals surface area contributed by atoms with Gasteiger partial charge >= 0.3 is 0 Å². The molecule has 6 heavy (non-hydrogen) atoms. The first-order chi connectivity index (χ1) is 2.81. The van der Waals surface area contributed by atoms with Gasteiger partial charge < -0.3 is 5.73 Å². The van der Waals surface area contributed by atoms with Gasteiger partial charge in [-0.05, 0) is 0 Å². The fourth-order valence-corrected chi connectivity index (χ4v) is 0.387. The van der Waals surface area contributed by atoms with Gasteiger partial charge in [0.05, 0.1) is 0 Å². The minimum Gasteiger partial charge on any atom is -0.329 e. The molecule has 0 saturated heterocycles. The molecule has 0 aliphatic heterocycles. The summed E-state index contributed by atoms with van der Waals surface area (Å²) in [6, 6.07) is 0. The van der Waals surface area contributed by atoms with E-state index in [2.05, 4.69) is 11.7 Å². The number of nitrogens with two attached hydrogens (primary N) is 1. The maximum atomic E-state index is 5.21. The second-order valence-corrected chi connectivity index (χ2v) is 2.80. The minimum atomic E-state index is 0.494. The molecule has 0 aromatic heterocycles. The van der Waals surface area contributed by atoms with E-state index in [-0.39, 0.29) is 0 Å². The molecule has 2 N–H and O–H groups in total. The van der Waals surface area contributed by atoms with Crippen LogP contribution in [0, 0.1) is 0 Å². The molecule has 0 aromatic carbocycles. The van der Waals surface area contributed by atoms with E-state index in [1.165, 1.54) is 10.8 Å². The Balaban J connectivity index is 2.75. The van der Waals surface area contributed by atoms with E-state index in [0.29, 0.717) is 11.8 Å². The molecular weight excluding hydrogens is 114 g/mol. The van der Waals surface area contributed by atoms with Crippen molar-refractivity contribution < 1.29 is 0 Å². The van der Waals surface area contributed by atoms with Crippen LogP contribution in [0.1, 0.15) is 6.92 Å². The largest absolute Gasteiger partial charge is 0.329 e. The fourth-order valence-electron chi connectivity index (χ4n) is 0.0430. The Labute approximate surface area is 47.5 Å². The molecule has 0 aliphatic carbocycles. The zero-order chi connectivity index (χ0) is 4.99. The molecule has 0 aliphatic rings. The van der Waals surface area contributed by atoms with E-state index in [1.54, 1.807) is 0 Å². The van der Waals surface area contributed by atoms with Gasteiger partial charge in [-0.1, -0.05) is 17.7 Å². The van der Waals surface area contributed by atoms with Crippen LogP contribution in [-0.4, -0.2) is 11.8 Å². The Morgan fingerprint density at radius 1 is 2.00 bits per heavy atom. The summed E-state index contributed by atoms with van der Waals surface area (Å²) >= 11 is 3.93. The minimum absolute atomic E-state index is 0.494. The first kappa shape index (κ1) is 6.66. The van der Waals surface area contributed by atoms with Crippen molar-refractivity contribution in [2.75, 3.05) is 6.54 Å². The van der Waals surface area contributed by atoms with E-state index in [1.807, 2.05) is 6.92 Å². The molecule has 0 heterocycles. The van der Waals surface area contributed by atoms with E-state index < -0.39 is 0 Å². The van der Waals surface area contributed by atoms with Crippen LogP contribution in [-0.2, 0) is 0 Å². The maximum absolute atomic E-state index is 5.21. The molecule has 1 unspecified atom stereocenters. The van der Waals surface area contributed by atoms with Gasteiger partial charge in [0, 0.05) is 11.8 Å². The van der Waals surface area contributed by atoms with Crippen molar-refractivity contribution in [1.29, 1.82) is 0 Å². The van der Waals surface area contributed by atoms with Gasteiger partial charge in [-0.2, -0.15) is 0 Å². The summed E-state index contributed by atoms with van der Waals surface area (Å²) in [6.45, 7) is 2.76. The molecule has 0 radical (unpaired) electrons. The van der Waals surface area contributed by atoms with Crippen molar-refractivity contribution in [1.82, 2.24) is 0 Å². The van der Waals surface area contributed by atoms with E-state index >= 15 is 0 Å². The smallest absolute Gasteiger partial charge is 0.0243 e. The van der Waals surface area contributed by atoms with Gasteiger partial charge in [0.25, 0.3) is 0 Å². The summed E-state index contributed by atoms with van der Waals surface area (Å²) in [5.41, 5.74) is 5.21. The third-order valence-corrected chi connectivity index (χ3v) is 2.14. The fraction of sp³-hybridized carbons (Fsp3) is 1.00. The van der Waals surface area contributed by atoms with Crippen LogP contribution < -0.4 is 5.73 Å². The molecule has 0 rings (SSSR count). The Hall–Kier alpha value is 0.660. The third-order valence-electron chi connectivity index (χ3n) is 0.512. The van der Waals surface area contributed by atoms with Crippen LogP contribution in [0.25, 0.3) is 0 Å². The van der Waals surface area contributed by atoms with Gasteiger partial charge in [-0.25, -0.2) is 0 Å². The molecule has 38 valence electrons. The summed E-state index contributed by atoms with van der Waals surface area (Å²) in [6.07, 6.45) is 0. The second-order valence-electron chi connectivity index (χ2n) is 1.15. The zero-order valence-electron chi connectivity index (χ0n) is 3.72. The van der Waals surface area contributed by atoms with E-state index in [0.717, 1.165) is 0 Å². The average molecular weight is 123 g/mol. The number of hydrogen-bond acceptors (Lipinski definition) is 3. The predicted molar refractivity (Wildman–Crippen MR) is 35.1 cm³/mol. The predicted octanol–water partition coefficient (Wildman–Crippen LogP) is 0.912. The van der Waals surface area contributed by atoms with Gasteiger partial charge in [0.2, 0.25) is 0 Å². The molecule has 0 spiro atoms. The molecule has 0 fully saturated rings. The quantitative estimate of drug-likeness (QED) is 0.421. The molecule has 0 bridgehead atoms. The lowest BCUT2D eigenvalue weighted by atomic mass is 10.5. The maximum Gasteiger partial charge on any atom is 0.0243 e. The van der Waals surface area contributed by atoms with Crippen molar-refractivity contribution in [3.8, 4) is 0 Å². The topological polar surface area (TPSA) is 26.0 Å². The molecule has 0 amide bonds. The van der Waals surface area contributed by atoms with E-state index in [4.69, 9.17) is 5.73 Å². The molecule has 3 heteroatoms. The van der Waals surface area contributed by atoms with Crippen molar-refractivity contribution in [2.24, 2.45) is 5.73 Å². The Morgan fingerprint density at radius 2 is 2.50 bits per heavy atom. The SMILES string of the molecule is CC(CN)SS. The van der Waals surface area contributed by atoms with Gasteiger partial charge in [-0.3, -0.25) is 0 Å². The van der Waals surface area contributed by atoms with Crippen LogP contribution in [0.3, 0.4) is 0 Å². The van der Waals surface area contributed by atoms with Gasteiger partial charge in [-0.15, -0.1) is 11.7 Å². The van der Waals surface area contributed by atoms with Crippen LogP contribution >= 0.6 is 22.5 Å². The molecule has 1 atom stereocenters. The van der Waals surface area contributed by atoms with Crippen molar-refractivity contribution in [2.45, 2.75) is 12.2 Å². The molecule has 0 saturated carbocycles. The summed E-state index contributed by atoms with van der Waals surface area (Å²) in [7, 11) is 1.49. The standard InChI is InChI=1S/C3H9NS2/c1-3(2-4)6-5/h3,5H,2,4H2,1H3. The summed E-state index contributed by atoms with van der Waals surface area (Å²) in [4.78, 5) is 0. The highest BCUT2D eigenvalue weighted by molar-refractivity contribution is 8.68. The number of hydrogen-bond donors (Lipinski definition) is 2. The summed E-state index contributed by atoms with van der Waals surface area (Å²) in [5, 5.41) is 0.494. The highest BCUT2D eigenvalue weighted by Gasteiger charge is 1.90. The monoisotopic (exact) mass is 123 g/mol. The lowest BCUT2D eigenvalue weighted by Crippen LogP contribution is -2.10. The van der Waals surface area contributed by atoms with Crippen LogP contribution in [0.4, 0.5) is 0 Å². The first-order valence-electron chi connectivity index (χ1n) is 1.81. The molecular formula is C3H9NS2. The average Bonchev–Trinajstić information content (AvgIpc) is 1.65. The number of rotatable bonds is 2. The van der Waals surface area contributed by atoms with Crippen LogP contribution in [0.15, 0.2) is 0 Å². The van der Waals surface area contributed by atoms with Crippen LogP contribution in [0.5, 0.6) is 0 Å². The third kappa shape index (κ3) is 2.87. The van der Waals surface area contributed by atoms with Crippen molar-refractivity contribution >= 4 is 22.5 Å². The highest BCUT2D eigenvalue weighted by atomic mass is 33.1. The van der Waals surface area contributed by atoms with Gasteiger partial charge in [0.15, 0.2) is 0 Å². The summed E-state index contributed by atoms with van der Waals surface area (Å²) in [5.74, 6) is 0. The van der Waals surface area contributed by atoms with Crippen molar-refractivity contribution in [3.05, 3.63) is 0 Å². The van der Waals surface area contributed by atoms with E-state index in [9.17, 15) is 0 Å². The molecule has 1 nitrogen and oxygen atoms in total. The van der Waals surface area contributed by atoms with Crippen LogP contribution in [0.2, 0.25) is 0 Å². The highest BCUT2D eigenvalue weighted by Crippen LogP contribution is 2.11. The first-order valence-corrected chi connectivity index (χ1v) is 3.74. The normalized spacial score (nSPS) is 14.5. The summed E-state index contributed by atoms with van der Waals surface area (Å²) < 4.78 is 0. The number of thiol groups is 1. The Kier molecular flexibility index (Phi) is 4.26. The van der Waals surface area contributed by atoms with Gasteiger partial charge in [0.1, 0.15) is 0 Å². The lowest BCUT2D eigenvalue weighted by molar-refractivity contribution is 0.958. The Bertz CT molecular complexity index is 28.0. The zero-order valence-corrected chi connectivity index (χ0v) is 5.43. The molecule has 0 aromatic rings. The Morgan fingerprint density at radius 3 is 2.50 bits per heavy atom.